The lowest BCUT2D eigenvalue weighted by molar-refractivity contribution is 0.0899. The lowest BCUT2D eigenvalue weighted by atomic mass is 9.94. The van der Waals surface area contributed by atoms with E-state index >= 15 is 0 Å². The number of hydroxylamine groups is 1. The highest BCUT2D eigenvalue weighted by Crippen LogP contribution is 2.49. The number of benzene rings is 2. The number of amides is 1. The Balaban J connectivity index is 1.72. The average Bonchev–Trinajstić information content (AvgIpc) is 3.21. The van der Waals surface area contributed by atoms with Gasteiger partial charge in [0.2, 0.25) is 0 Å². The molecule has 1 amide bonds. The van der Waals surface area contributed by atoms with E-state index in [9.17, 15) is 18.4 Å². The van der Waals surface area contributed by atoms with Crippen molar-refractivity contribution in [3.63, 3.8) is 0 Å². The molecule has 0 radical (unpaired) electrons. The molecular formula is C29H42N4O6S. The summed E-state index contributed by atoms with van der Waals surface area (Å²) in [6.07, 6.45) is 5.01. The molecule has 1 unspecified atom stereocenters. The van der Waals surface area contributed by atoms with Crippen LogP contribution in [0.15, 0.2) is 41.3 Å². The summed E-state index contributed by atoms with van der Waals surface area (Å²) in [6.45, 7) is 6.51. The molecule has 1 saturated carbocycles. The molecule has 11 heteroatoms. The van der Waals surface area contributed by atoms with E-state index in [1.54, 1.807) is 18.2 Å². The van der Waals surface area contributed by atoms with Crippen LogP contribution in [0.1, 0.15) is 63.2 Å². The molecule has 10 nitrogen and oxygen atoms in total. The van der Waals surface area contributed by atoms with E-state index < -0.39 is 19.6 Å². The zero-order chi connectivity index (χ0) is 29.3. The first kappa shape index (κ1) is 30.1. The highest BCUT2D eigenvalue weighted by molar-refractivity contribution is 7.91. The number of methoxy groups -OCH3 is 1. The van der Waals surface area contributed by atoms with Crippen LogP contribution >= 0.6 is 0 Å². The molecule has 1 N–H and O–H groups in total. The van der Waals surface area contributed by atoms with Crippen LogP contribution in [-0.2, 0) is 10.0 Å². The summed E-state index contributed by atoms with van der Waals surface area (Å²) < 4.78 is 37.9. The van der Waals surface area contributed by atoms with Crippen molar-refractivity contribution >= 4 is 27.3 Å². The molecule has 1 fully saturated rings. The van der Waals surface area contributed by atoms with Gasteiger partial charge in [-0.2, -0.15) is 12.5 Å². The van der Waals surface area contributed by atoms with E-state index in [1.807, 2.05) is 44.7 Å². The van der Waals surface area contributed by atoms with Gasteiger partial charge in [-0.15, -0.1) is 0 Å². The molecule has 1 atom stereocenters. The highest BCUT2D eigenvalue weighted by Gasteiger charge is 2.50. The van der Waals surface area contributed by atoms with E-state index in [4.69, 9.17) is 9.47 Å². The Kier molecular flexibility index (Phi) is 8.70. The zero-order valence-corrected chi connectivity index (χ0v) is 25.2. The molecule has 0 saturated heterocycles. The number of rotatable bonds is 10. The minimum Gasteiger partial charge on any atom is -0.609 e. The maximum atomic E-state index is 14.6. The van der Waals surface area contributed by atoms with Crippen LogP contribution in [0.25, 0.3) is 0 Å². The molecule has 1 aliphatic carbocycles. The van der Waals surface area contributed by atoms with Gasteiger partial charge in [-0.25, -0.2) is 0 Å². The number of quaternary nitrogens is 1. The first-order valence-corrected chi connectivity index (χ1v) is 15.3. The molecule has 1 aliphatic heterocycles. The first-order valence-electron chi connectivity index (χ1n) is 13.9. The predicted octanol–water partition coefficient (Wildman–Crippen LogP) is 4.47. The zero-order valence-electron chi connectivity index (χ0n) is 24.4. The number of hydrogen-bond donors (Lipinski definition) is 1. The number of carbonyl (C=O) groups is 1. The van der Waals surface area contributed by atoms with Crippen molar-refractivity contribution in [3.8, 4) is 11.5 Å². The normalized spacial score (nSPS) is 19.9. The van der Waals surface area contributed by atoms with Crippen molar-refractivity contribution in [2.24, 2.45) is 0 Å². The van der Waals surface area contributed by atoms with Gasteiger partial charge >= 0.3 is 10.0 Å². The van der Waals surface area contributed by atoms with E-state index in [2.05, 4.69) is 5.32 Å². The molecule has 0 bridgehead atoms. The smallest absolute Gasteiger partial charge is 0.337 e. The summed E-state index contributed by atoms with van der Waals surface area (Å²) in [6, 6.07) is 9.18. The van der Waals surface area contributed by atoms with Crippen molar-refractivity contribution in [3.05, 3.63) is 47.2 Å². The lowest BCUT2D eigenvalue weighted by Gasteiger charge is -2.38. The number of fused-ring (bicyclic) bond motifs is 1. The summed E-state index contributed by atoms with van der Waals surface area (Å²) in [5.41, 5.74) is 0.468. The number of sulfonamides is 1. The second kappa shape index (κ2) is 11.6. The first-order chi connectivity index (χ1) is 18.8. The third-order valence-corrected chi connectivity index (χ3v) is 9.53. The summed E-state index contributed by atoms with van der Waals surface area (Å²) in [4.78, 5) is 16.7. The van der Waals surface area contributed by atoms with E-state index in [0.29, 0.717) is 24.6 Å². The minimum absolute atomic E-state index is 0.0463. The molecule has 40 heavy (non-hydrogen) atoms. The van der Waals surface area contributed by atoms with Crippen molar-refractivity contribution in [2.75, 3.05) is 45.9 Å². The molecule has 0 aromatic heterocycles. The number of carbonyl (C=O) groups excluding carboxylic acids is 1. The second-order valence-corrected chi connectivity index (χ2v) is 13.6. The van der Waals surface area contributed by atoms with Crippen LogP contribution in [0.2, 0.25) is 0 Å². The molecule has 2 aromatic carbocycles. The number of likely N-dealkylation sites (N-methyl/N-ethyl adjacent to an activating group) is 1. The Labute approximate surface area is 238 Å². The van der Waals surface area contributed by atoms with Gasteiger partial charge in [0.05, 0.1) is 13.7 Å². The van der Waals surface area contributed by atoms with Crippen LogP contribution in [-0.4, -0.2) is 71.8 Å². The number of nitrogens with zero attached hydrogens (tertiary/aromatic N) is 3. The third kappa shape index (κ3) is 5.79. The standard InChI is InChI=1S/C29H42N4O6S/c1-7-39-23-14-15-25-24(18-23)32(22-11-9-8-10-12-22)20-33(25,35)40(36,37)27-16-13-21(17-26(27)38-6)28(34)30-29(2,3)19-31(4)5/h13-18,22H,7-12,19-20H2,1-6H3,(H,30,34). The number of nitrogens with one attached hydrogen (secondary N) is 1. The fourth-order valence-corrected chi connectivity index (χ4v) is 7.58. The molecule has 1 heterocycles. The van der Waals surface area contributed by atoms with Gasteiger partial charge in [0.25, 0.3) is 5.91 Å². The van der Waals surface area contributed by atoms with Gasteiger partial charge in [0.15, 0.2) is 17.3 Å². The van der Waals surface area contributed by atoms with Gasteiger partial charge < -0.3 is 29.8 Å². The van der Waals surface area contributed by atoms with Crippen molar-refractivity contribution in [1.29, 1.82) is 0 Å². The van der Waals surface area contributed by atoms with Gasteiger partial charge in [0, 0.05) is 35.8 Å². The number of anilines is 1. The van der Waals surface area contributed by atoms with E-state index in [0.717, 1.165) is 32.1 Å². The fraction of sp³-hybridized carbons (Fsp3) is 0.552. The highest BCUT2D eigenvalue weighted by atomic mass is 32.2. The predicted molar refractivity (Wildman–Crippen MR) is 157 cm³/mol. The maximum absolute atomic E-state index is 14.6. The Morgan fingerprint density at radius 3 is 2.48 bits per heavy atom. The number of ether oxygens (including phenoxy) is 2. The van der Waals surface area contributed by atoms with Crippen LogP contribution in [0.5, 0.6) is 11.5 Å². The quantitative estimate of drug-likeness (QED) is 0.327. The van der Waals surface area contributed by atoms with Gasteiger partial charge in [-0.1, -0.05) is 19.3 Å². The number of hydrogen-bond acceptors (Lipinski definition) is 8. The summed E-state index contributed by atoms with van der Waals surface area (Å²) in [5, 5.41) is 17.6. The molecule has 0 spiro atoms. The Hall–Kier alpha value is -2.86. The molecule has 220 valence electrons. The van der Waals surface area contributed by atoms with Gasteiger partial charge in [-0.3, -0.25) is 4.79 Å². The summed E-state index contributed by atoms with van der Waals surface area (Å²) >= 11 is 0. The van der Waals surface area contributed by atoms with Crippen LogP contribution in [0.3, 0.4) is 0 Å². The van der Waals surface area contributed by atoms with E-state index in [1.165, 1.54) is 25.3 Å². The van der Waals surface area contributed by atoms with Crippen LogP contribution < -0.4 is 23.7 Å². The van der Waals surface area contributed by atoms with Crippen LogP contribution in [0.4, 0.5) is 11.4 Å². The Bertz CT molecular complexity index is 1340. The van der Waals surface area contributed by atoms with E-state index in [-0.39, 0.29) is 40.5 Å². The van der Waals surface area contributed by atoms with Crippen molar-refractivity contribution in [1.82, 2.24) is 14.3 Å². The maximum Gasteiger partial charge on any atom is 0.337 e. The molecular weight excluding hydrogens is 532 g/mol. The minimum atomic E-state index is -4.55. The Morgan fingerprint density at radius 2 is 1.85 bits per heavy atom. The summed E-state index contributed by atoms with van der Waals surface area (Å²) in [5.74, 6) is 0.187. The third-order valence-electron chi connectivity index (χ3n) is 7.54. The Morgan fingerprint density at radius 1 is 1.15 bits per heavy atom. The topological polar surface area (TPSA) is 111 Å². The van der Waals surface area contributed by atoms with Crippen molar-refractivity contribution in [2.45, 2.75) is 69.4 Å². The monoisotopic (exact) mass is 574 g/mol. The van der Waals surface area contributed by atoms with Crippen molar-refractivity contribution < 1.29 is 22.7 Å². The van der Waals surface area contributed by atoms with Gasteiger partial charge in [0.1, 0.15) is 17.2 Å². The largest absolute Gasteiger partial charge is 0.609 e. The molecule has 4 rings (SSSR count). The fourth-order valence-electron chi connectivity index (χ4n) is 5.93. The van der Waals surface area contributed by atoms with Crippen LogP contribution in [0, 0.1) is 5.21 Å². The molecule has 2 aromatic rings. The summed E-state index contributed by atoms with van der Waals surface area (Å²) in [7, 11) is 0.623. The average molecular weight is 575 g/mol. The SMILES string of the molecule is CCOc1ccc2c(c1)N(C1CCCCC1)C[N+]2([O-])S(=O)(=O)c1ccc(C(=O)NC(C)(C)CN(C)C)cc1OC. The molecule has 2 aliphatic rings. The lowest BCUT2D eigenvalue weighted by Crippen LogP contribution is -2.52. The second-order valence-electron chi connectivity index (χ2n) is 11.6. The van der Waals surface area contributed by atoms with Gasteiger partial charge in [-0.05, 0) is 72.0 Å².